The number of hydrogen-bond acceptors (Lipinski definition) is 5. The maximum atomic E-state index is 12.2. The lowest BCUT2D eigenvalue weighted by molar-refractivity contribution is -0.271. The molecule has 2 rings (SSSR count). The molecule has 0 saturated carbocycles. The van der Waals surface area contributed by atoms with Gasteiger partial charge in [0, 0.05) is 0 Å². The lowest BCUT2D eigenvalue weighted by Crippen LogP contribution is -2.43. The van der Waals surface area contributed by atoms with E-state index in [1.807, 2.05) is 18.2 Å². The highest BCUT2D eigenvalue weighted by molar-refractivity contribution is 7.86. The molecule has 5 nitrogen and oxygen atoms in total. The molecule has 0 radical (unpaired) electrons. The molecule has 0 aliphatic heterocycles. The van der Waals surface area contributed by atoms with Crippen LogP contribution in [0.2, 0.25) is 18.1 Å². The van der Waals surface area contributed by atoms with Gasteiger partial charge >= 0.3 is 16.5 Å². The minimum absolute atomic E-state index is 0.0431. The van der Waals surface area contributed by atoms with Gasteiger partial charge in [-0.3, -0.25) is 0 Å². The van der Waals surface area contributed by atoms with Crippen molar-refractivity contribution in [1.82, 2.24) is 0 Å². The minimum atomic E-state index is -5.27. The third-order valence-corrected chi connectivity index (χ3v) is 11.1. The highest BCUT2D eigenvalue weighted by Gasteiger charge is 2.39. The van der Waals surface area contributed by atoms with Crippen molar-refractivity contribution in [1.29, 1.82) is 0 Å². The molecule has 178 valence electrons. The van der Waals surface area contributed by atoms with Crippen LogP contribution in [0.25, 0.3) is 0 Å². The SMILES string of the molecule is COc1cc(CCc2ccc(S(=O)(=O)OC(F)(F)F)cc2)ccc1O[Si](C)(C)C(C)(C)C. The van der Waals surface area contributed by atoms with Crippen molar-refractivity contribution in [3.63, 3.8) is 0 Å². The number of benzene rings is 2. The fraction of sp³-hybridized carbons (Fsp3) is 0.455. The van der Waals surface area contributed by atoms with E-state index in [0.717, 1.165) is 23.3 Å². The molecule has 2 aromatic rings. The van der Waals surface area contributed by atoms with Crippen LogP contribution in [0.15, 0.2) is 47.4 Å². The first kappa shape index (κ1) is 26.2. The Hall–Kier alpha value is -2.04. The highest BCUT2D eigenvalue weighted by Crippen LogP contribution is 2.40. The number of ether oxygens (including phenoxy) is 1. The standard InChI is InChI=1S/C22H29F3O5SSi/c1-21(2,3)32(5,6)29-19-14-11-17(15-20(19)28-4)8-7-16-9-12-18(13-10-16)31(26,27)30-22(23,24)25/h9-15H,7-8H2,1-6H3. The van der Waals surface area contributed by atoms with Crippen LogP contribution in [0.5, 0.6) is 11.5 Å². The zero-order chi connectivity index (χ0) is 24.4. The Morgan fingerprint density at radius 1 is 0.875 bits per heavy atom. The van der Waals surface area contributed by atoms with Crippen molar-refractivity contribution >= 4 is 18.4 Å². The molecule has 0 spiro atoms. The predicted octanol–water partition coefficient (Wildman–Crippen LogP) is 6.09. The summed E-state index contributed by atoms with van der Waals surface area (Å²) in [6, 6.07) is 10.9. The smallest absolute Gasteiger partial charge is 0.537 e. The van der Waals surface area contributed by atoms with Gasteiger partial charge in [-0.25, -0.2) is 0 Å². The van der Waals surface area contributed by atoms with Crippen LogP contribution >= 0.6 is 0 Å². The Labute approximate surface area is 188 Å². The van der Waals surface area contributed by atoms with E-state index >= 15 is 0 Å². The fourth-order valence-corrected chi connectivity index (χ4v) is 4.50. The van der Waals surface area contributed by atoms with Crippen molar-refractivity contribution in [2.45, 2.75) is 63.0 Å². The molecule has 0 amide bonds. The first-order valence-corrected chi connectivity index (χ1v) is 14.3. The minimum Gasteiger partial charge on any atom is -0.541 e. The van der Waals surface area contributed by atoms with Crippen LogP contribution < -0.4 is 9.16 Å². The Bertz CT molecular complexity index is 1030. The number of halogens is 3. The summed E-state index contributed by atoms with van der Waals surface area (Å²) in [6.45, 7) is 10.8. The van der Waals surface area contributed by atoms with Gasteiger partial charge in [-0.05, 0) is 66.4 Å². The molecular weight excluding hydrogens is 461 g/mol. The maximum absolute atomic E-state index is 12.2. The topological polar surface area (TPSA) is 61.8 Å². The zero-order valence-electron chi connectivity index (χ0n) is 19.0. The molecule has 2 aromatic carbocycles. The summed E-state index contributed by atoms with van der Waals surface area (Å²) in [5, 5.41) is 0.0431. The quantitative estimate of drug-likeness (QED) is 0.331. The lowest BCUT2D eigenvalue weighted by atomic mass is 10.0. The van der Waals surface area contributed by atoms with Gasteiger partial charge in [-0.1, -0.05) is 39.0 Å². The van der Waals surface area contributed by atoms with Crippen LogP contribution in [0.1, 0.15) is 31.9 Å². The van der Waals surface area contributed by atoms with Crippen LogP contribution in [0, 0.1) is 0 Å². The second kappa shape index (κ2) is 9.44. The van der Waals surface area contributed by atoms with E-state index in [0.29, 0.717) is 24.3 Å². The molecular formula is C22H29F3O5SSi. The highest BCUT2D eigenvalue weighted by atomic mass is 32.2. The number of hydrogen-bond donors (Lipinski definition) is 0. The molecule has 0 fully saturated rings. The van der Waals surface area contributed by atoms with Crippen LogP contribution in [-0.4, -0.2) is 30.2 Å². The molecule has 0 bridgehead atoms. The van der Waals surface area contributed by atoms with Gasteiger partial charge in [0.2, 0.25) is 0 Å². The number of methoxy groups -OCH3 is 1. The average molecular weight is 491 g/mol. The van der Waals surface area contributed by atoms with Gasteiger partial charge in [0.25, 0.3) is 8.32 Å². The average Bonchev–Trinajstić information content (AvgIpc) is 2.64. The summed E-state index contributed by atoms with van der Waals surface area (Å²) in [6.07, 6.45) is -4.08. The molecule has 0 atom stereocenters. The monoisotopic (exact) mass is 490 g/mol. The molecule has 10 heteroatoms. The van der Waals surface area contributed by atoms with Crippen molar-refractivity contribution in [3.8, 4) is 11.5 Å². The Balaban J connectivity index is 2.10. The maximum Gasteiger partial charge on any atom is 0.537 e. The summed E-state index contributed by atoms with van der Waals surface area (Å²) in [7, 11) is -5.34. The largest absolute Gasteiger partial charge is 0.541 e. The molecule has 32 heavy (non-hydrogen) atoms. The van der Waals surface area contributed by atoms with Crippen LogP contribution in [0.4, 0.5) is 13.2 Å². The predicted molar refractivity (Wildman–Crippen MR) is 119 cm³/mol. The molecule has 0 aliphatic carbocycles. The van der Waals surface area contributed by atoms with Gasteiger partial charge in [0.05, 0.1) is 12.0 Å². The van der Waals surface area contributed by atoms with Crippen molar-refractivity contribution in [2.24, 2.45) is 0 Å². The van der Waals surface area contributed by atoms with E-state index in [1.54, 1.807) is 7.11 Å². The van der Waals surface area contributed by atoms with Crippen LogP contribution in [0.3, 0.4) is 0 Å². The van der Waals surface area contributed by atoms with Gasteiger partial charge in [-0.15, -0.1) is 13.2 Å². The third-order valence-electron chi connectivity index (χ3n) is 5.52. The van der Waals surface area contributed by atoms with Gasteiger partial charge in [0.15, 0.2) is 5.75 Å². The summed E-state index contributed by atoms with van der Waals surface area (Å²) < 4.78 is 75.1. The fourth-order valence-electron chi connectivity index (χ4n) is 2.66. The van der Waals surface area contributed by atoms with E-state index in [-0.39, 0.29) is 5.04 Å². The van der Waals surface area contributed by atoms with Gasteiger partial charge in [0.1, 0.15) is 5.75 Å². The Kier molecular flexibility index (Phi) is 7.73. The van der Waals surface area contributed by atoms with Crippen LogP contribution in [-0.2, 0) is 27.1 Å². The zero-order valence-corrected chi connectivity index (χ0v) is 20.9. The second-order valence-electron chi connectivity index (χ2n) is 8.97. The number of alkyl halides is 3. The first-order chi connectivity index (χ1) is 14.5. The van der Waals surface area contributed by atoms with E-state index < -0.39 is 29.7 Å². The molecule has 0 N–H and O–H groups in total. The summed E-state index contributed by atoms with van der Waals surface area (Å²) in [5.74, 6) is 1.33. The second-order valence-corrected chi connectivity index (χ2v) is 15.2. The number of rotatable bonds is 8. The Morgan fingerprint density at radius 3 is 1.91 bits per heavy atom. The molecule has 0 saturated heterocycles. The first-order valence-electron chi connectivity index (χ1n) is 10.0. The van der Waals surface area contributed by atoms with Crippen molar-refractivity contribution in [3.05, 3.63) is 53.6 Å². The van der Waals surface area contributed by atoms with Crippen molar-refractivity contribution in [2.75, 3.05) is 7.11 Å². The van der Waals surface area contributed by atoms with Gasteiger partial charge < -0.3 is 9.16 Å². The Morgan fingerprint density at radius 2 is 1.41 bits per heavy atom. The lowest BCUT2D eigenvalue weighted by Gasteiger charge is -2.36. The molecule has 0 heterocycles. The van der Waals surface area contributed by atoms with E-state index in [9.17, 15) is 21.6 Å². The van der Waals surface area contributed by atoms with Crippen molar-refractivity contribution < 1.29 is 34.9 Å². The molecule has 0 aliphatic rings. The van der Waals surface area contributed by atoms with E-state index in [2.05, 4.69) is 38.0 Å². The summed E-state index contributed by atoms with van der Waals surface area (Å²) in [5.41, 5.74) is 1.76. The van der Waals surface area contributed by atoms with E-state index in [4.69, 9.17) is 9.16 Å². The molecule has 0 unspecified atom stereocenters. The van der Waals surface area contributed by atoms with Gasteiger partial charge in [-0.2, -0.15) is 12.6 Å². The number of aryl methyl sites for hydroxylation is 2. The third kappa shape index (κ3) is 6.98. The normalized spacial score (nSPS) is 13.2. The summed E-state index contributed by atoms with van der Waals surface area (Å²) >= 11 is 0. The molecule has 0 aromatic heterocycles. The summed E-state index contributed by atoms with van der Waals surface area (Å²) in [4.78, 5) is -0.549. The van der Waals surface area contributed by atoms with E-state index in [1.165, 1.54) is 12.1 Å².